The summed E-state index contributed by atoms with van der Waals surface area (Å²) >= 11 is 3.14. The highest BCUT2D eigenvalue weighted by molar-refractivity contribution is 7.09. The van der Waals surface area contributed by atoms with Crippen LogP contribution in [0, 0.1) is 0 Å². The highest BCUT2D eigenvalue weighted by atomic mass is 32.1. The van der Waals surface area contributed by atoms with E-state index in [9.17, 15) is 9.59 Å². The van der Waals surface area contributed by atoms with E-state index in [1.54, 1.807) is 11.3 Å². The molecule has 0 fully saturated rings. The van der Waals surface area contributed by atoms with Gasteiger partial charge in [-0.3, -0.25) is 9.59 Å². The number of rotatable bonds is 8. The van der Waals surface area contributed by atoms with Crippen LogP contribution in [0.15, 0.2) is 34.3 Å². The molecule has 5 nitrogen and oxygen atoms in total. The molecule has 2 rings (SSSR count). The van der Waals surface area contributed by atoms with Gasteiger partial charge in [-0.05, 0) is 52.6 Å². The Bertz CT molecular complexity index is 597. The minimum absolute atomic E-state index is 0.107. The summed E-state index contributed by atoms with van der Waals surface area (Å²) in [5, 5.41) is 20.4. The molecule has 1 unspecified atom stereocenters. The smallest absolute Gasteiger partial charge is 0.309 e. The average Bonchev–Trinajstić information content (AvgIpc) is 3.24. The average molecular weight is 352 g/mol. The van der Waals surface area contributed by atoms with Crippen LogP contribution in [0.25, 0.3) is 0 Å². The zero-order valence-electron chi connectivity index (χ0n) is 12.7. The summed E-state index contributed by atoms with van der Waals surface area (Å²) in [5.41, 5.74) is 1.17. The highest BCUT2D eigenvalue weighted by Gasteiger charge is 2.15. The van der Waals surface area contributed by atoms with Gasteiger partial charge in [0.25, 0.3) is 0 Å². The first-order valence-corrected chi connectivity index (χ1v) is 9.24. The topological polar surface area (TPSA) is 78.4 Å². The number of carbonyl (C=O) groups excluding carboxylic acids is 2. The van der Waals surface area contributed by atoms with Crippen molar-refractivity contribution in [2.75, 3.05) is 13.2 Å². The molecule has 1 atom stereocenters. The molecule has 0 bridgehead atoms. The third-order valence-electron chi connectivity index (χ3n) is 3.48. The van der Waals surface area contributed by atoms with Gasteiger partial charge in [0.2, 0.25) is 0 Å². The van der Waals surface area contributed by atoms with Crippen LogP contribution >= 0.6 is 22.7 Å². The Labute approximate surface area is 143 Å². The summed E-state index contributed by atoms with van der Waals surface area (Å²) in [6.45, 7) is 0.882. The van der Waals surface area contributed by atoms with E-state index in [4.69, 9.17) is 5.11 Å². The Morgan fingerprint density at radius 2 is 1.96 bits per heavy atom. The third kappa shape index (κ3) is 5.78. The lowest BCUT2D eigenvalue weighted by atomic mass is 9.95. The zero-order valence-corrected chi connectivity index (χ0v) is 14.3. The van der Waals surface area contributed by atoms with E-state index in [2.05, 4.69) is 16.0 Å². The van der Waals surface area contributed by atoms with Gasteiger partial charge in [-0.25, -0.2) is 0 Å². The van der Waals surface area contributed by atoms with Crippen molar-refractivity contribution in [1.82, 2.24) is 10.6 Å². The standard InChI is InChI=1S/C16H20N2O3S2/c19-7-4-12(13-5-9-22-11-13)3-6-17-15(20)16(21)18-10-14-2-1-8-23-14/h1-2,5,8-9,11-12,19H,3-4,6-7,10H2,(H,17,20)(H,18,21). The normalized spacial score (nSPS) is 11.9. The van der Waals surface area contributed by atoms with E-state index in [1.165, 1.54) is 16.9 Å². The molecule has 2 aromatic heterocycles. The lowest BCUT2D eigenvalue weighted by Crippen LogP contribution is -2.40. The summed E-state index contributed by atoms with van der Waals surface area (Å²) in [6.07, 6.45) is 1.35. The van der Waals surface area contributed by atoms with E-state index in [-0.39, 0.29) is 12.5 Å². The minimum Gasteiger partial charge on any atom is -0.396 e. The maximum absolute atomic E-state index is 11.8. The van der Waals surface area contributed by atoms with Gasteiger partial charge in [0.15, 0.2) is 0 Å². The molecule has 0 aliphatic heterocycles. The van der Waals surface area contributed by atoms with Crippen molar-refractivity contribution < 1.29 is 14.7 Å². The lowest BCUT2D eigenvalue weighted by molar-refractivity contribution is -0.139. The molecule has 0 aliphatic carbocycles. The van der Waals surface area contributed by atoms with Gasteiger partial charge >= 0.3 is 11.8 Å². The van der Waals surface area contributed by atoms with Crippen LogP contribution in [-0.2, 0) is 16.1 Å². The summed E-state index contributed by atoms with van der Waals surface area (Å²) < 4.78 is 0. The van der Waals surface area contributed by atoms with Gasteiger partial charge in [0, 0.05) is 18.0 Å². The van der Waals surface area contributed by atoms with Crippen molar-refractivity contribution in [3.63, 3.8) is 0 Å². The van der Waals surface area contributed by atoms with E-state index in [1.807, 2.05) is 29.0 Å². The van der Waals surface area contributed by atoms with Gasteiger partial charge in [-0.1, -0.05) is 6.07 Å². The van der Waals surface area contributed by atoms with E-state index >= 15 is 0 Å². The quantitative estimate of drug-likeness (QED) is 0.637. The summed E-state index contributed by atoms with van der Waals surface area (Å²) in [5.74, 6) is -1.04. The Kier molecular flexibility index (Phi) is 7.25. The summed E-state index contributed by atoms with van der Waals surface area (Å²) in [7, 11) is 0. The highest BCUT2D eigenvalue weighted by Crippen LogP contribution is 2.24. The van der Waals surface area contributed by atoms with Crippen molar-refractivity contribution in [2.24, 2.45) is 0 Å². The molecule has 0 aromatic carbocycles. The second-order valence-corrected chi connectivity index (χ2v) is 6.88. The SMILES string of the molecule is O=C(NCCC(CCO)c1ccsc1)C(=O)NCc1cccs1. The molecule has 0 aliphatic rings. The molecule has 7 heteroatoms. The van der Waals surface area contributed by atoms with Gasteiger partial charge in [-0.15, -0.1) is 11.3 Å². The van der Waals surface area contributed by atoms with E-state index in [0.717, 1.165) is 4.88 Å². The lowest BCUT2D eigenvalue weighted by Gasteiger charge is -2.14. The predicted molar refractivity (Wildman–Crippen MR) is 92.6 cm³/mol. The zero-order chi connectivity index (χ0) is 16.5. The molecular weight excluding hydrogens is 332 g/mol. The molecule has 2 aromatic rings. The monoisotopic (exact) mass is 352 g/mol. The number of nitrogens with one attached hydrogen (secondary N) is 2. The minimum atomic E-state index is -0.618. The van der Waals surface area contributed by atoms with Crippen molar-refractivity contribution in [3.8, 4) is 0 Å². The van der Waals surface area contributed by atoms with E-state index in [0.29, 0.717) is 25.9 Å². The number of carbonyl (C=O) groups is 2. The maximum Gasteiger partial charge on any atom is 0.309 e. The van der Waals surface area contributed by atoms with Crippen molar-refractivity contribution in [1.29, 1.82) is 0 Å². The fourth-order valence-electron chi connectivity index (χ4n) is 2.24. The molecule has 0 saturated carbocycles. The second-order valence-electron chi connectivity index (χ2n) is 5.07. The molecule has 2 heterocycles. The Morgan fingerprint density at radius 1 is 1.13 bits per heavy atom. The molecule has 124 valence electrons. The molecular formula is C16H20N2O3S2. The number of aliphatic hydroxyl groups is 1. The third-order valence-corrected chi connectivity index (χ3v) is 5.06. The molecule has 0 spiro atoms. The molecule has 2 amide bonds. The molecule has 0 radical (unpaired) electrons. The van der Waals surface area contributed by atoms with Crippen LogP contribution in [-0.4, -0.2) is 30.1 Å². The Hall–Kier alpha value is -1.70. The summed E-state index contributed by atoms with van der Waals surface area (Å²) in [4.78, 5) is 24.5. The van der Waals surface area contributed by atoms with Crippen LogP contribution in [0.4, 0.5) is 0 Å². The number of amides is 2. The van der Waals surface area contributed by atoms with Gasteiger partial charge in [0.1, 0.15) is 0 Å². The molecule has 0 saturated heterocycles. The number of aliphatic hydroxyl groups excluding tert-OH is 1. The van der Waals surface area contributed by atoms with Crippen LogP contribution in [0.5, 0.6) is 0 Å². The fraction of sp³-hybridized carbons (Fsp3) is 0.375. The predicted octanol–water partition coefficient (Wildman–Crippen LogP) is 2.10. The number of hydrogen-bond acceptors (Lipinski definition) is 5. The van der Waals surface area contributed by atoms with Gasteiger partial charge in [0.05, 0.1) is 6.54 Å². The van der Waals surface area contributed by atoms with Crippen molar-refractivity contribution in [2.45, 2.75) is 25.3 Å². The molecule has 23 heavy (non-hydrogen) atoms. The largest absolute Gasteiger partial charge is 0.396 e. The van der Waals surface area contributed by atoms with Crippen molar-refractivity contribution in [3.05, 3.63) is 44.8 Å². The first kappa shape index (κ1) is 17.7. The Balaban J connectivity index is 1.71. The maximum atomic E-state index is 11.8. The van der Waals surface area contributed by atoms with Crippen LogP contribution in [0.2, 0.25) is 0 Å². The second kappa shape index (κ2) is 9.44. The van der Waals surface area contributed by atoms with Crippen LogP contribution in [0.1, 0.15) is 29.2 Å². The number of thiophene rings is 2. The van der Waals surface area contributed by atoms with E-state index < -0.39 is 11.8 Å². The number of hydrogen-bond donors (Lipinski definition) is 3. The first-order chi connectivity index (χ1) is 11.2. The fourth-order valence-corrected chi connectivity index (χ4v) is 3.63. The van der Waals surface area contributed by atoms with Crippen LogP contribution < -0.4 is 10.6 Å². The van der Waals surface area contributed by atoms with Gasteiger partial charge in [-0.2, -0.15) is 11.3 Å². The Morgan fingerprint density at radius 3 is 2.61 bits per heavy atom. The van der Waals surface area contributed by atoms with Crippen LogP contribution in [0.3, 0.4) is 0 Å². The molecule has 3 N–H and O–H groups in total. The first-order valence-electron chi connectivity index (χ1n) is 7.42. The summed E-state index contributed by atoms with van der Waals surface area (Å²) in [6, 6.07) is 5.84. The van der Waals surface area contributed by atoms with Crippen molar-refractivity contribution >= 4 is 34.5 Å². The van der Waals surface area contributed by atoms with Gasteiger partial charge < -0.3 is 15.7 Å².